The fraction of sp³-hybridized carbons (Fsp3) is 0.167. The zero-order valence-electron chi connectivity index (χ0n) is 10.1. The van der Waals surface area contributed by atoms with E-state index in [0.29, 0.717) is 17.2 Å². The summed E-state index contributed by atoms with van der Waals surface area (Å²) >= 11 is 0. The number of nitrogens with two attached hydrogens (primary N) is 1. The second-order valence-corrected chi connectivity index (χ2v) is 3.97. The maximum Gasteiger partial charge on any atom is 0.269 e. The molecule has 6 nitrogen and oxygen atoms in total. The van der Waals surface area contributed by atoms with Crippen LogP contribution in [0.1, 0.15) is 21.6 Å². The van der Waals surface area contributed by atoms with Gasteiger partial charge in [-0.15, -0.1) is 10.2 Å². The van der Waals surface area contributed by atoms with Crippen molar-refractivity contribution < 1.29 is 4.79 Å². The number of hydrogen-bond donors (Lipinski definition) is 2. The summed E-state index contributed by atoms with van der Waals surface area (Å²) in [4.78, 5) is 15.2. The number of anilines is 2. The standard InChI is InChI=1S/C12H13N5O/c1-7-3-4-14-9(5-7)15-10-6-8(2)11(12(13)18)17-16-10/h3-6H,1-2H3,(H2,13,18)(H,14,15,16). The Balaban J connectivity index is 2.25. The summed E-state index contributed by atoms with van der Waals surface area (Å²) in [6, 6.07) is 5.49. The van der Waals surface area contributed by atoms with Gasteiger partial charge in [-0.2, -0.15) is 0 Å². The molecule has 92 valence electrons. The summed E-state index contributed by atoms with van der Waals surface area (Å²) in [5, 5.41) is 10.7. The van der Waals surface area contributed by atoms with Gasteiger partial charge in [0.05, 0.1) is 0 Å². The van der Waals surface area contributed by atoms with Gasteiger partial charge in [0, 0.05) is 6.20 Å². The van der Waals surface area contributed by atoms with Crippen LogP contribution in [0.3, 0.4) is 0 Å². The zero-order chi connectivity index (χ0) is 13.1. The SMILES string of the molecule is Cc1ccnc(Nc2cc(C)c(C(N)=O)nn2)c1. The Morgan fingerprint density at radius 2 is 2.00 bits per heavy atom. The third-order valence-electron chi connectivity index (χ3n) is 2.39. The third kappa shape index (κ3) is 2.60. The number of hydrogen-bond acceptors (Lipinski definition) is 5. The molecular weight excluding hydrogens is 230 g/mol. The van der Waals surface area contributed by atoms with Crippen LogP contribution in [0.25, 0.3) is 0 Å². The first-order valence-corrected chi connectivity index (χ1v) is 5.40. The van der Waals surface area contributed by atoms with Crippen molar-refractivity contribution >= 4 is 17.5 Å². The van der Waals surface area contributed by atoms with E-state index in [-0.39, 0.29) is 5.69 Å². The second kappa shape index (κ2) is 4.79. The molecule has 0 radical (unpaired) electrons. The Bertz CT molecular complexity index is 597. The van der Waals surface area contributed by atoms with Crippen molar-refractivity contribution in [2.45, 2.75) is 13.8 Å². The molecule has 0 fully saturated rings. The lowest BCUT2D eigenvalue weighted by molar-refractivity contribution is 0.0994. The number of nitrogens with zero attached hydrogens (tertiary/aromatic N) is 3. The maximum atomic E-state index is 11.0. The zero-order valence-corrected chi connectivity index (χ0v) is 10.1. The monoisotopic (exact) mass is 243 g/mol. The van der Waals surface area contributed by atoms with E-state index in [0.717, 1.165) is 5.56 Å². The molecule has 0 spiro atoms. The maximum absolute atomic E-state index is 11.0. The molecule has 0 atom stereocenters. The molecule has 0 aliphatic heterocycles. The molecule has 1 amide bonds. The molecule has 0 aromatic carbocycles. The van der Waals surface area contributed by atoms with Crippen LogP contribution in [0.15, 0.2) is 24.4 Å². The van der Waals surface area contributed by atoms with Crippen molar-refractivity contribution in [1.29, 1.82) is 0 Å². The summed E-state index contributed by atoms with van der Waals surface area (Å²) in [6.07, 6.45) is 1.70. The van der Waals surface area contributed by atoms with Crippen LogP contribution < -0.4 is 11.1 Å². The fourth-order valence-electron chi connectivity index (χ4n) is 1.53. The third-order valence-corrected chi connectivity index (χ3v) is 2.39. The molecule has 0 saturated heterocycles. The van der Waals surface area contributed by atoms with Crippen LogP contribution >= 0.6 is 0 Å². The number of carbonyl (C=O) groups excluding carboxylic acids is 1. The highest BCUT2D eigenvalue weighted by Gasteiger charge is 2.08. The van der Waals surface area contributed by atoms with Crippen molar-refractivity contribution in [3.05, 3.63) is 41.2 Å². The second-order valence-electron chi connectivity index (χ2n) is 3.97. The van der Waals surface area contributed by atoms with Gasteiger partial charge in [0.1, 0.15) is 5.82 Å². The van der Waals surface area contributed by atoms with Gasteiger partial charge in [-0.05, 0) is 43.2 Å². The molecule has 6 heteroatoms. The highest BCUT2D eigenvalue weighted by molar-refractivity contribution is 5.92. The number of aromatic nitrogens is 3. The molecule has 2 heterocycles. The molecule has 2 aromatic rings. The van der Waals surface area contributed by atoms with Gasteiger partial charge in [-0.3, -0.25) is 4.79 Å². The molecule has 0 aliphatic carbocycles. The highest BCUT2D eigenvalue weighted by atomic mass is 16.1. The number of pyridine rings is 1. The van der Waals surface area contributed by atoms with Crippen LogP contribution in [0, 0.1) is 13.8 Å². The van der Waals surface area contributed by atoms with Gasteiger partial charge in [-0.25, -0.2) is 4.98 Å². The summed E-state index contributed by atoms with van der Waals surface area (Å²) in [6.45, 7) is 3.73. The van der Waals surface area contributed by atoms with Crippen LogP contribution in [0.2, 0.25) is 0 Å². The molecule has 0 aliphatic rings. The topological polar surface area (TPSA) is 93.8 Å². The molecule has 0 unspecified atom stereocenters. The fourth-order valence-corrected chi connectivity index (χ4v) is 1.53. The van der Waals surface area contributed by atoms with E-state index in [9.17, 15) is 4.79 Å². The van der Waals surface area contributed by atoms with E-state index in [1.807, 2.05) is 19.1 Å². The quantitative estimate of drug-likeness (QED) is 0.848. The van der Waals surface area contributed by atoms with Crippen LogP contribution in [0.4, 0.5) is 11.6 Å². The number of carbonyl (C=O) groups is 1. The van der Waals surface area contributed by atoms with Crippen molar-refractivity contribution in [1.82, 2.24) is 15.2 Å². The Labute approximate surface area is 104 Å². The molecule has 2 rings (SSSR count). The highest BCUT2D eigenvalue weighted by Crippen LogP contribution is 2.14. The molecule has 3 N–H and O–H groups in total. The Morgan fingerprint density at radius 3 is 2.61 bits per heavy atom. The van der Waals surface area contributed by atoms with Gasteiger partial charge in [0.25, 0.3) is 5.91 Å². The first kappa shape index (κ1) is 12.0. The predicted octanol–water partition coefficient (Wildman–Crippen LogP) is 1.33. The van der Waals surface area contributed by atoms with Gasteiger partial charge in [-0.1, -0.05) is 0 Å². The Morgan fingerprint density at radius 1 is 1.22 bits per heavy atom. The van der Waals surface area contributed by atoms with Gasteiger partial charge >= 0.3 is 0 Å². The van der Waals surface area contributed by atoms with Crippen molar-refractivity contribution in [2.24, 2.45) is 5.73 Å². The van der Waals surface area contributed by atoms with Gasteiger partial charge in [0.15, 0.2) is 11.5 Å². The summed E-state index contributed by atoms with van der Waals surface area (Å²) in [5.41, 5.74) is 7.10. The van der Waals surface area contributed by atoms with E-state index >= 15 is 0 Å². The average molecular weight is 243 g/mol. The lowest BCUT2D eigenvalue weighted by Crippen LogP contribution is -2.16. The number of rotatable bonds is 3. The molecular formula is C12H13N5O. The Kier molecular flexibility index (Phi) is 3.18. The van der Waals surface area contributed by atoms with E-state index in [4.69, 9.17) is 5.73 Å². The normalized spacial score (nSPS) is 10.1. The minimum absolute atomic E-state index is 0.178. The number of amides is 1. The van der Waals surface area contributed by atoms with Crippen molar-refractivity contribution in [2.75, 3.05) is 5.32 Å². The van der Waals surface area contributed by atoms with Gasteiger partial charge in [0.2, 0.25) is 0 Å². The average Bonchev–Trinajstić information content (AvgIpc) is 2.28. The number of nitrogens with one attached hydrogen (secondary N) is 1. The van der Waals surface area contributed by atoms with Crippen LogP contribution in [-0.4, -0.2) is 21.1 Å². The first-order chi connectivity index (χ1) is 8.56. The number of aryl methyl sites for hydroxylation is 2. The Hall–Kier alpha value is -2.50. The summed E-state index contributed by atoms with van der Waals surface area (Å²) in [5.74, 6) is 0.617. The smallest absolute Gasteiger partial charge is 0.269 e. The lowest BCUT2D eigenvalue weighted by atomic mass is 10.2. The first-order valence-electron chi connectivity index (χ1n) is 5.40. The molecule has 18 heavy (non-hydrogen) atoms. The molecule has 0 saturated carbocycles. The number of primary amides is 1. The van der Waals surface area contributed by atoms with E-state index in [2.05, 4.69) is 20.5 Å². The van der Waals surface area contributed by atoms with E-state index < -0.39 is 5.91 Å². The predicted molar refractivity (Wildman–Crippen MR) is 67.5 cm³/mol. The minimum Gasteiger partial charge on any atom is -0.364 e. The van der Waals surface area contributed by atoms with E-state index in [1.165, 1.54) is 0 Å². The van der Waals surface area contributed by atoms with Crippen LogP contribution in [-0.2, 0) is 0 Å². The summed E-state index contributed by atoms with van der Waals surface area (Å²) in [7, 11) is 0. The van der Waals surface area contributed by atoms with Crippen molar-refractivity contribution in [3.8, 4) is 0 Å². The lowest BCUT2D eigenvalue weighted by Gasteiger charge is -2.06. The summed E-state index contributed by atoms with van der Waals surface area (Å²) < 4.78 is 0. The largest absolute Gasteiger partial charge is 0.364 e. The van der Waals surface area contributed by atoms with E-state index in [1.54, 1.807) is 19.2 Å². The van der Waals surface area contributed by atoms with Gasteiger partial charge < -0.3 is 11.1 Å². The minimum atomic E-state index is -0.583. The van der Waals surface area contributed by atoms with Crippen molar-refractivity contribution in [3.63, 3.8) is 0 Å². The van der Waals surface area contributed by atoms with Crippen LogP contribution in [0.5, 0.6) is 0 Å². The molecule has 2 aromatic heterocycles. The molecule has 0 bridgehead atoms.